The Hall–Kier alpha value is -2.46. The van der Waals surface area contributed by atoms with E-state index in [2.05, 4.69) is 4.98 Å². The number of H-pyrrole nitrogens is 1. The largest absolute Gasteiger partial charge is 0.494 e. The van der Waals surface area contributed by atoms with Gasteiger partial charge in [0, 0.05) is 11.2 Å². The summed E-state index contributed by atoms with van der Waals surface area (Å²) in [6.45, 7) is 4.50. The minimum atomic E-state index is -0.200. The first kappa shape index (κ1) is 15.4. The Labute approximate surface area is 139 Å². The average Bonchev–Trinajstić information content (AvgIpc) is 2.93. The van der Waals surface area contributed by atoms with Crippen LogP contribution in [0.4, 0.5) is 0 Å². The molecule has 118 valence electrons. The molecular weight excluding hydrogens is 312 g/mol. The van der Waals surface area contributed by atoms with E-state index in [4.69, 9.17) is 16.3 Å². The van der Waals surface area contributed by atoms with E-state index in [1.807, 2.05) is 50.2 Å². The van der Waals surface area contributed by atoms with Gasteiger partial charge in [-0.1, -0.05) is 17.7 Å². The fourth-order valence-electron chi connectivity index (χ4n) is 2.36. The molecule has 0 spiro atoms. The maximum absolute atomic E-state index is 12.2. The number of aromatic nitrogens is 2. The second-order valence-electron chi connectivity index (χ2n) is 5.23. The van der Waals surface area contributed by atoms with Crippen LogP contribution in [0.1, 0.15) is 12.5 Å². The molecule has 3 rings (SSSR count). The maximum atomic E-state index is 12.2. The summed E-state index contributed by atoms with van der Waals surface area (Å²) in [6.07, 6.45) is 1.78. The van der Waals surface area contributed by atoms with Crippen molar-refractivity contribution in [2.24, 2.45) is 0 Å². The van der Waals surface area contributed by atoms with Crippen molar-refractivity contribution in [2.45, 2.75) is 13.8 Å². The van der Waals surface area contributed by atoms with Gasteiger partial charge in [-0.3, -0.25) is 4.57 Å². The summed E-state index contributed by atoms with van der Waals surface area (Å²) in [5.41, 5.74) is 3.18. The Bertz CT molecular complexity index is 879. The van der Waals surface area contributed by atoms with E-state index in [9.17, 15) is 4.79 Å². The molecule has 1 aromatic heterocycles. The van der Waals surface area contributed by atoms with Crippen LogP contribution in [0.5, 0.6) is 5.75 Å². The molecule has 0 aliphatic heterocycles. The third-order valence-electron chi connectivity index (χ3n) is 3.63. The molecule has 0 fully saturated rings. The molecule has 0 unspecified atom stereocenters. The van der Waals surface area contributed by atoms with Crippen LogP contribution < -0.4 is 10.4 Å². The fourth-order valence-corrected chi connectivity index (χ4v) is 2.54. The molecule has 0 radical (unpaired) electrons. The molecule has 0 aliphatic carbocycles. The van der Waals surface area contributed by atoms with Crippen molar-refractivity contribution in [3.63, 3.8) is 0 Å². The van der Waals surface area contributed by atoms with E-state index in [0.717, 1.165) is 28.3 Å². The van der Waals surface area contributed by atoms with Gasteiger partial charge in [-0.15, -0.1) is 0 Å². The smallest absolute Gasteiger partial charge is 0.330 e. The first-order chi connectivity index (χ1) is 11.1. The molecule has 23 heavy (non-hydrogen) atoms. The molecule has 0 saturated carbocycles. The Balaban J connectivity index is 1.97. The van der Waals surface area contributed by atoms with Crippen molar-refractivity contribution < 1.29 is 4.74 Å². The Morgan fingerprint density at radius 3 is 2.57 bits per heavy atom. The number of aryl methyl sites for hydroxylation is 1. The fraction of sp³-hybridized carbons (Fsp3) is 0.167. The first-order valence-electron chi connectivity index (χ1n) is 7.40. The molecule has 0 bridgehead atoms. The minimum absolute atomic E-state index is 0.200. The highest BCUT2D eigenvalue weighted by Gasteiger charge is 2.08. The summed E-state index contributed by atoms with van der Waals surface area (Å²) in [5, 5.41) is 0.637. The molecule has 0 saturated heterocycles. The van der Waals surface area contributed by atoms with E-state index in [0.29, 0.717) is 11.6 Å². The van der Waals surface area contributed by atoms with Gasteiger partial charge in [0.1, 0.15) is 5.75 Å². The molecular formula is C18H17ClN2O2. The van der Waals surface area contributed by atoms with Crippen LogP contribution in [0.2, 0.25) is 5.02 Å². The molecule has 1 N–H and O–H groups in total. The summed E-state index contributed by atoms with van der Waals surface area (Å²) in [5.74, 6) is 0.809. The van der Waals surface area contributed by atoms with Gasteiger partial charge in [0.15, 0.2) is 0 Å². The average molecular weight is 329 g/mol. The van der Waals surface area contributed by atoms with Crippen LogP contribution in [0.25, 0.3) is 16.9 Å². The van der Waals surface area contributed by atoms with Gasteiger partial charge < -0.3 is 9.72 Å². The van der Waals surface area contributed by atoms with Crippen molar-refractivity contribution in [3.8, 4) is 22.7 Å². The summed E-state index contributed by atoms with van der Waals surface area (Å²) >= 11 is 6.15. The second-order valence-corrected chi connectivity index (χ2v) is 5.64. The van der Waals surface area contributed by atoms with E-state index in [1.54, 1.807) is 16.8 Å². The maximum Gasteiger partial charge on any atom is 0.330 e. The monoisotopic (exact) mass is 328 g/mol. The van der Waals surface area contributed by atoms with Crippen LogP contribution >= 0.6 is 11.6 Å². The summed E-state index contributed by atoms with van der Waals surface area (Å²) < 4.78 is 6.98. The number of ether oxygens (including phenoxy) is 1. The quantitative estimate of drug-likeness (QED) is 0.780. The van der Waals surface area contributed by atoms with Crippen LogP contribution in [0.15, 0.2) is 53.5 Å². The van der Waals surface area contributed by atoms with Crippen molar-refractivity contribution >= 4 is 11.6 Å². The number of nitrogens with one attached hydrogen (secondary N) is 1. The van der Waals surface area contributed by atoms with Gasteiger partial charge in [0.25, 0.3) is 0 Å². The van der Waals surface area contributed by atoms with E-state index < -0.39 is 0 Å². The zero-order valence-corrected chi connectivity index (χ0v) is 13.7. The Kier molecular flexibility index (Phi) is 4.26. The molecule has 0 aliphatic rings. The third-order valence-corrected chi connectivity index (χ3v) is 4.04. The molecule has 5 heteroatoms. The van der Waals surface area contributed by atoms with Crippen molar-refractivity contribution in [1.82, 2.24) is 9.55 Å². The van der Waals surface area contributed by atoms with Gasteiger partial charge in [-0.05, 0) is 61.4 Å². The lowest BCUT2D eigenvalue weighted by molar-refractivity contribution is 0.340. The number of rotatable bonds is 4. The van der Waals surface area contributed by atoms with Crippen molar-refractivity contribution in [2.75, 3.05) is 6.61 Å². The van der Waals surface area contributed by atoms with Gasteiger partial charge in [0.05, 0.1) is 18.0 Å². The number of benzene rings is 2. The highest BCUT2D eigenvalue weighted by atomic mass is 35.5. The summed E-state index contributed by atoms with van der Waals surface area (Å²) in [4.78, 5) is 15.1. The number of imidazole rings is 1. The van der Waals surface area contributed by atoms with Gasteiger partial charge >= 0.3 is 5.69 Å². The lowest BCUT2D eigenvalue weighted by Crippen LogP contribution is -2.13. The molecule has 2 aromatic carbocycles. The summed E-state index contributed by atoms with van der Waals surface area (Å²) in [7, 11) is 0. The molecule has 0 atom stereocenters. The number of hydrogen-bond acceptors (Lipinski definition) is 2. The van der Waals surface area contributed by atoms with Gasteiger partial charge in [-0.25, -0.2) is 4.79 Å². The second kappa shape index (κ2) is 6.34. The number of nitrogens with zero attached hydrogens (tertiary/aromatic N) is 1. The lowest BCUT2D eigenvalue weighted by atomic mass is 10.1. The van der Waals surface area contributed by atoms with Crippen molar-refractivity contribution in [3.05, 3.63) is 69.7 Å². The zero-order valence-electron chi connectivity index (χ0n) is 13.0. The topological polar surface area (TPSA) is 47.0 Å². The van der Waals surface area contributed by atoms with Crippen LogP contribution in [-0.2, 0) is 0 Å². The number of hydrogen-bond donors (Lipinski definition) is 1. The Morgan fingerprint density at radius 1 is 1.17 bits per heavy atom. The zero-order chi connectivity index (χ0) is 16.4. The Morgan fingerprint density at radius 2 is 1.91 bits per heavy atom. The minimum Gasteiger partial charge on any atom is -0.494 e. The third kappa shape index (κ3) is 3.17. The van der Waals surface area contributed by atoms with Gasteiger partial charge in [-0.2, -0.15) is 0 Å². The summed E-state index contributed by atoms with van der Waals surface area (Å²) in [6, 6.07) is 13.2. The van der Waals surface area contributed by atoms with Gasteiger partial charge in [0.2, 0.25) is 0 Å². The first-order valence-corrected chi connectivity index (χ1v) is 7.77. The van der Waals surface area contributed by atoms with Crippen molar-refractivity contribution in [1.29, 1.82) is 0 Å². The van der Waals surface area contributed by atoms with Crippen LogP contribution in [0, 0.1) is 6.92 Å². The molecule has 3 aromatic rings. The lowest BCUT2D eigenvalue weighted by Gasteiger charge is -2.04. The van der Waals surface area contributed by atoms with Crippen LogP contribution in [0.3, 0.4) is 0 Å². The standard InChI is InChI=1S/C18H17ClN2O2/c1-3-23-15-8-5-13(6-9-15)17-11-21(18(22)20-17)14-7-4-12(2)16(19)10-14/h4-11H,3H2,1-2H3,(H,20,22). The predicted molar refractivity (Wildman–Crippen MR) is 92.7 cm³/mol. The van der Waals surface area contributed by atoms with E-state index in [1.165, 1.54) is 0 Å². The molecule has 1 heterocycles. The normalized spacial score (nSPS) is 10.7. The molecule has 4 nitrogen and oxygen atoms in total. The highest BCUT2D eigenvalue weighted by molar-refractivity contribution is 6.31. The van der Waals surface area contributed by atoms with E-state index in [-0.39, 0.29) is 5.69 Å². The van der Waals surface area contributed by atoms with Crippen LogP contribution in [-0.4, -0.2) is 16.2 Å². The highest BCUT2D eigenvalue weighted by Crippen LogP contribution is 2.22. The van der Waals surface area contributed by atoms with E-state index >= 15 is 0 Å². The molecule has 0 amide bonds. The SMILES string of the molecule is CCOc1ccc(-c2cn(-c3ccc(C)c(Cl)c3)c(=O)[nH]2)cc1. The number of halogens is 1. The predicted octanol–water partition coefficient (Wildman–Crippen LogP) is 4.19. The number of aromatic amines is 1.